The molecule has 0 heterocycles. The maximum atomic E-state index is 12.3. The van der Waals surface area contributed by atoms with Crippen molar-refractivity contribution >= 4 is 12.0 Å². The van der Waals surface area contributed by atoms with Crippen LogP contribution in [0.25, 0.3) is 6.08 Å². The molecule has 3 rings (SSSR count). The molecule has 2 heteroatoms. The van der Waals surface area contributed by atoms with Crippen LogP contribution in [0.3, 0.4) is 0 Å². The van der Waals surface area contributed by atoms with Crippen molar-refractivity contribution in [1.82, 2.24) is 0 Å². The van der Waals surface area contributed by atoms with E-state index in [0.29, 0.717) is 11.0 Å². The molecule has 0 aliphatic heterocycles. The molecular formula is C30H40O2. The quantitative estimate of drug-likeness (QED) is 0.163. The fraction of sp³-hybridized carbons (Fsp3) is 0.500. The normalized spacial score (nSPS) is 15.3. The maximum Gasteiger partial charge on any atom is 0.342 e. The van der Waals surface area contributed by atoms with Crippen molar-refractivity contribution in [2.24, 2.45) is 5.41 Å². The smallest absolute Gasteiger partial charge is 0.342 e. The molecule has 1 aliphatic carbocycles. The number of hydrogen-bond donors (Lipinski definition) is 0. The molecule has 0 spiro atoms. The fourth-order valence-electron chi connectivity index (χ4n) is 4.57. The Balaban J connectivity index is 1.72. The Hall–Kier alpha value is -2.35. The highest BCUT2D eigenvalue weighted by molar-refractivity contribution is 5.89. The van der Waals surface area contributed by atoms with Crippen molar-refractivity contribution in [3.05, 3.63) is 76.5 Å². The molecule has 1 aliphatic rings. The molecular weight excluding hydrogens is 392 g/mol. The zero-order valence-electron chi connectivity index (χ0n) is 20.3. The molecule has 2 nitrogen and oxygen atoms in total. The summed E-state index contributed by atoms with van der Waals surface area (Å²) < 4.78 is 5.44. The van der Waals surface area contributed by atoms with Gasteiger partial charge in [0.25, 0.3) is 0 Å². The lowest BCUT2D eigenvalue weighted by Gasteiger charge is -2.21. The molecule has 0 radical (unpaired) electrons. The fourth-order valence-corrected chi connectivity index (χ4v) is 4.57. The first-order valence-electron chi connectivity index (χ1n) is 12.6. The van der Waals surface area contributed by atoms with Crippen molar-refractivity contribution < 1.29 is 9.53 Å². The van der Waals surface area contributed by atoms with Gasteiger partial charge in [-0.2, -0.15) is 0 Å². The number of esters is 1. The summed E-state index contributed by atoms with van der Waals surface area (Å²) in [7, 11) is 0. The topological polar surface area (TPSA) is 26.3 Å². The summed E-state index contributed by atoms with van der Waals surface area (Å²) in [6.45, 7) is 7.04. The second-order valence-electron chi connectivity index (χ2n) is 10.1. The van der Waals surface area contributed by atoms with Crippen LogP contribution in [-0.2, 0) is 24.0 Å². The third-order valence-corrected chi connectivity index (χ3v) is 6.84. The number of aryl methyl sites for hydroxylation is 3. The van der Waals surface area contributed by atoms with Gasteiger partial charge in [0.1, 0.15) is 0 Å². The number of ether oxygens (including phenoxy) is 1. The van der Waals surface area contributed by atoms with Gasteiger partial charge in [-0.1, -0.05) is 83.2 Å². The lowest BCUT2D eigenvalue weighted by Crippen LogP contribution is -2.10. The average molecular weight is 433 g/mol. The largest absolute Gasteiger partial charge is 0.431 e. The van der Waals surface area contributed by atoms with Gasteiger partial charge < -0.3 is 4.74 Å². The summed E-state index contributed by atoms with van der Waals surface area (Å²) in [5.41, 5.74) is 6.57. The Kier molecular flexibility index (Phi) is 9.14. The summed E-state index contributed by atoms with van der Waals surface area (Å²) in [6, 6.07) is 14.0. The molecule has 0 amide bonds. The zero-order valence-corrected chi connectivity index (χ0v) is 20.3. The minimum Gasteiger partial charge on any atom is -0.431 e. The van der Waals surface area contributed by atoms with Crippen LogP contribution in [0.2, 0.25) is 0 Å². The van der Waals surface area contributed by atoms with Gasteiger partial charge in [-0.3, -0.25) is 0 Å². The first kappa shape index (κ1) is 24.3. The maximum absolute atomic E-state index is 12.3. The average Bonchev–Trinajstić information content (AvgIpc) is 2.94. The van der Waals surface area contributed by atoms with E-state index in [-0.39, 0.29) is 5.97 Å². The molecule has 0 saturated carbocycles. The van der Waals surface area contributed by atoms with Crippen LogP contribution in [0.1, 0.15) is 105 Å². The monoisotopic (exact) mass is 432 g/mol. The molecule has 0 aromatic heterocycles. The van der Waals surface area contributed by atoms with E-state index in [2.05, 4.69) is 32.9 Å². The Morgan fingerprint density at radius 2 is 1.59 bits per heavy atom. The number of fused-ring (bicyclic) bond motifs is 1. The number of unbranched alkanes of at least 4 members (excludes halogenated alkanes) is 5. The highest BCUT2D eigenvalue weighted by Gasteiger charge is 2.23. The molecule has 0 bridgehead atoms. The molecule has 172 valence electrons. The van der Waals surface area contributed by atoms with Crippen LogP contribution in [0.15, 0.2) is 48.7 Å². The summed E-state index contributed by atoms with van der Waals surface area (Å²) >= 11 is 0. The molecule has 2 aromatic rings. The van der Waals surface area contributed by atoms with Crippen LogP contribution >= 0.6 is 0 Å². The lowest BCUT2D eigenvalue weighted by atomic mass is 9.85. The van der Waals surface area contributed by atoms with Gasteiger partial charge in [0.2, 0.25) is 0 Å². The third kappa shape index (κ3) is 7.36. The molecule has 32 heavy (non-hydrogen) atoms. The van der Waals surface area contributed by atoms with Crippen LogP contribution in [0, 0.1) is 5.41 Å². The summed E-state index contributed by atoms with van der Waals surface area (Å²) in [5.74, 6) is -0.309. The first-order valence-corrected chi connectivity index (χ1v) is 12.6. The van der Waals surface area contributed by atoms with E-state index >= 15 is 0 Å². The van der Waals surface area contributed by atoms with Crippen LogP contribution in [0.4, 0.5) is 0 Å². The van der Waals surface area contributed by atoms with Gasteiger partial charge in [-0.25, -0.2) is 4.79 Å². The third-order valence-electron chi connectivity index (χ3n) is 6.84. The van der Waals surface area contributed by atoms with Gasteiger partial charge in [-0.15, -0.1) is 0 Å². The van der Waals surface area contributed by atoms with Crippen LogP contribution < -0.4 is 0 Å². The van der Waals surface area contributed by atoms with Gasteiger partial charge in [-0.05, 0) is 84.4 Å². The second kappa shape index (κ2) is 12.0. The number of hydrogen-bond acceptors (Lipinski definition) is 2. The van der Waals surface area contributed by atoms with Gasteiger partial charge >= 0.3 is 5.97 Å². The standard InChI is InChI=1S/C30H40O2/c1-4-5-6-7-8-10-15-25-22-26-16-19-30(2,3)20-17-27(26)23-28(25)18-21-32-29(31)24-13-11-9-12-14-24/h9,11-14,18,21-23H,4-8,10,15-17,19-20H2,1-3H3/b21-18+. The predicted octanol–water partition coefficient (Wildman–Crippen LogP) is 8.32. The molecule has 0 unspecified atom stereocenters. The minimum atomic E-state index is -0.309. The van der Waals surface area contributed by atoms with Gasteiger partial charge in [0.05, 0.1) is 11.8 Å². The molecule has 0 fully saturated rings. The van der Waals surface area contributed by atoms with E-state index in [1.165, 1.54) is 80.0 Å². The zero-order chi connectivity index (χ0) is 22.8. The van der Waals surface area contributed by atoms with Gasteiger partial charge in [0.15, 0.2) is 0 Å². The van der Waals surface area contributed by atoms with E-state index < -0.39 is 0 Å². The van der Waals surface area contributed by atoms with Crippen LogP contribution in [-0.4, -0.2) is 5.97 Å². The Labute approximate surface area is 195 Å². The summed E-state index contributed by atoms with van der Waals surface area (Å²) in [4.78, 5) is 12.3. The van der Waals surface area contributed by atoms with Crippen molar-refractivity contribution in [3.63, 3.8) is 0 Å². The Morgan fingerprint density at radius 1 is 0.938 bits per heavy atom. The Bertz CT molecular complexity index is 893. The number of carbonyl (C=O) groups excluding carboxylic acids is 1. The number of benzene rings is 2. The molecule has 2 aromatic carbocycles. The summed E-state index contributed by atoms with van der Waals surface area (Å²) in [6.07, 6.45) is 17.2. The SMILES string of the molecule is CCCCCCCCc1cc2c(cc1/C=C/OC(=O)c1ccccc1)CCC(C)(C)CC2. The van der Waals surface area contributed by atoms with E-state index in [0.717, 1.165) is 12.8 Å². The number of rotatable bonds is 10. The van der Waals surface area contributed by atoms with E-state index in [1.807, 2.05) is 24.3 Å². The van der Waals surface area contributed by atoms with Gasteiger partial charge in [0, 0.05) is 0 Å². The predicted molar refractivity (Wildman–Crippen MR) is 135 cm³/mol. The van der Waals surface area contributed by atoms with E-state index in [9.17, 15) is 4.79 Å². The molecule has 0 saturated heterocycles. The van der Waals surface area contributed by atoms with Crippen LogP contribution in [0.5, 0.6) is 0 Å². The minimum absolute atomic E-state index is 0.309. The van der Waals surface area contributed by atoms with E-state index in [1.54, 1.807) is 18.4 Å². The van der Waals surface area contributed by atoms with Crippen molar-refractivity contribution in [2.45, 2.75) is 91.4 Å². The highest BCUT2D eigenvalue weighted by Crippen LogP contribution is 2.35. The molecule has 0 N–H and O–H groups in total. The summed E-state index contributed by atoms with van der Waals surface area (Å²) in [5, 5.41) is 0. The lowest BCUT2D eigenvalue weighted by molar-refractivity contribution is 0.0665. The second-order valence-corrected chi connectivity index (χ2v) is 10.1. The Morgan fingerprint density at radius 3 is 2.31 bits per heavy atom. The number of carbonyl (C=O) groups is 1. The van der Waals surface area contributed by atoms with Crippen molar-refractivity contribution in [1.29, 1.82) is 0 Å². The van der Waals surface area contributed by atoms with Crippen molar-refractivity contribution in [2.75, 3.05) is 0 Å². The first-order chi connectivity index (χ1) is 15.5. The molecule has 0 atom stereocenters. The highest BCUT2D eigenvalue weighted by atomic mass is 16.5. The van der Waals surface area contributed by atoms with E-state index in [4.69, 9.17) is 4.74 Å². The van der Waals surface area contributed by atoms with Crippen molar-refractivity contribution in [3.8, 4) is 0 Å².